The van der Waals surface area contributed by atoms with Crippen molar-refractivity contribution in [1.82, 2.24) is 0 Å². The van der Waals surface area contributed by atoms with Crippen molar-refractivity contribution >= 4 is 0 Å². The quantitative estimate of drug-likeness (QED) is 0.878. The van der Waals surface area contributed by atoms with E-state index in [2.05, 4.69) is 19.9 Å². The number of ether oxygens (including phenoxy) is 1. The van der Waals surface area contributed by atoms with E-state index >= 15 is 0 Å². The number of benzene rings is 1. The van der Waals surface area contributed by atoms with Crippen LogP contribution >= 0.6 is 0 Å². The maximum atomic E-state index is 10.7. The first-order valence-electron chi connectivity index (χ1n) is 7.57. The van der Waals surface area contributed by atoms with Gasteiger partial charge >= 0.3 is 0 Å². The molecule has 0 bridgehead atoms. The van der Waals surface area contributed by atoms with Crippen molar-refractivity contribution in [3.63, 3.8) is 0 Å². The Bertz CT molecular complexity index is 445. The third kappa shape index (κ3) is 2.64. The van der Waals surface area contributed by atoms with Gasteiger partial charge in [-0.3, -0.25) is 0 Å². The molecule has 1 N–H and O–H groups in total. The van der Waals surface area contributed by atoms with Crippen LogP contribution in [0.15, 0.2) is 18.2 Å². The standard InChI is InChI=1S/C17H24O2/c1-11-7-12(2)9-15(8-11)17(18)14-3-4-16-13(10-14)5-6-19-16/h3-4,10-12,15,17-18H,5-9H2,1-2H3. The summed E-state index contributed by atoms with van der Waals surface area (Å²) >= 11 is 0. The number of hydrogen-bond acceptors (Lipinski definition) is 2. The van der Waals surface area contributed by atoms with Gasteiger partial charge in [-0.05, 0) is 60.3 Å². The van der Waals surface area contributed by atoms with E-state index in [1.807, 2.05) is 12.1 Å². The Morgan fingerprint density at radius 2 is 1.89 bits per heavy atom. The van der Waals surface area contributed by atoms with Gasteiger partial charge in [0.05, 0.1) is 12.7 Å². The van der Waals surface area contributed by atoms with Gasteiger partial charge in [-0.2, -0.15) is 0 Å². The zero-order valence-electron chi connectivity index (χ0n) is 11.9. The first-order valence-corrected chi connectivity index (χ1v) is 7.57. The molecule has 1 aliphatic heterocycles. The van der Waals surface area contributed by atoms with Crippen LogP contribution in [0, 0.1) is 17.8 Å². The highest BCUT2D eigenvalue weighted by molar-refractivity contribution is 5.40. The normalized spacial score (nSPS) is 31.6. The summed E-state index contributed by atoms with van der Waals surface area (Å²) in [6.45, 7) is 5.41. The van der Waals surface area contributed by atoms with E-state index in [9.17, 15) is 5.11 Å². The number of hydrogen-bond donors (Lipinski definition) is 1. The fourth-order valence-electron chi connectivity index (χ4n) is 3.93. The molecule has 0 saturated heterocycles. The lowest BCUT2D eigenvalue weighted by molar-refractivity contribution is 0.0551. The van der Waals surface area contributed by atoms with Gasteiger partial charge in [-0.15, -0.1) is 0 Å². The molecule has 0 amide bonds. The highest BCUT2D eigenvalue weighted by atomic mass is 16.5. The van der Waals surface area contributed by atoms with Gasteiger partial charge in [0.15, 0.2) is 0 Å². The number of fused-ring (bicyclic) bond motifs is 1. The minimum atomic E-state index is -0.309. The minimum absolute atomic E-state index is 0.309. The number of aliphatic hydroxyl groups is 1. The lowest BCUT2D eigenvalue weighted by Crippen LogP contribution is -2.24. The van der Waals surface area contributed by atoms with E-state index in [4.69, 9.17) is 4.74 Å². The molecule has 1 fully saturated rings. The van der Waals surface area contributed by atoms with Crippen molar-refractivity contribution in [2.75, 3.05) is 6.61 Å². The Labute approximate surface area is 115 Å². The molecule has 0 aromatic heterocycles. The van der Waals surface area contributed by atoms with E-state index in [0.29, 0.717) is 5.92 Å². The van der Waals surface area contributed by atoms with Crippen molar-refractivity contribution in [3.05, 3.63) is 29.3 Å². The van der Waals surface area contributed by atoms with Crippen LogP contribution in [0.3, 0.4) is 0 Å². The number of rotatable bonds is 2. The molecule has 1 aliphatic carbocycles. The van der Waals surface area contributed by atoms with Crippen LogP contribution in [0.25, 0.3) is 0 Å². The Morgan fingerprint density at radius 3 is 2.63 bits per heavy atom. The van der Waals surface area contributed by atoms with Gasteiger partial charge in [0.1, 0.15) is 5.75 Å². The summed E-state index contributed by atoms with van der Waals surface area (Å²) in [4.78, 5) is 0. The van der Waals surface area contributed by atoms with Crippen LogP contribution in [0.5, 0.6) is 5.75 Å². The first-order chi connectivity index (χ1) is 9.13. The molecule has 0 radical (unpaired) electrons. The molecule has 2 heteroatoms. The van der Waals surface area contributed by atoms with E-state index in [1.54, 1.807) is 0 Å². The fourth-order valence-corrected chi connectivity index (χ4v) is 3.93. The lowest BCUT2D eigenvalue weighted by Gasteiger charge is -2.34. The van der Waals surface area contributed by atoms with Gasteiger partial charge in [0.25, 0.3) is 0 Å². The Hall–Kier alpha value is -1.02. The summed E-state index contributed by atoms with van der Waals surface area (Å²) in [5.41, 5.74) is 2.34. The molecule has 1 aromatic carbocycles. The predicted octanol–water partition coefficient (Wildman–Crippen LogP) is 3.73. The molecule has 1 heterocycles. The molecule has 2 nitrogen and oxygen atoms in total. The Balaban J connectivity index is 1.77. The van der Waals surface area contributed by atoms with Crippen molar-refractivity contribution in [2.45, 2.75) is 45.6 Å². The Morgan fingerprint density at radius 1 is 1.16 bits per heavy atom. The summed E-state index contributed by atoms with van der Waals surface area (Å²) in [6, 6.07) is 6.21. The third-order valence-electron chi connectivity index (χ3n) is 4.72. The van der Waals surface area contributed by atoms with Crippen molar-refractivity contribution < 1.29 is 9.84 Å². The largest absolute Gasteiger partial charge is 0.493 e. The molecular formula is C17H24O2. The second kappa shape index (κ2) is 5.16. The monoisotopic (exact) mass is 260 g/mol. The van der Waals surface area contributed by atoms with E-state index in [1.165, 1.54) is 12.0 Å². The predicted molar refractivity (Wildman–Crippen MR) is 76.3 cm³/mol. The first kappa shape index (κ1) is 13.0. The number of aliphatic hydroxyl groups excluding tert-OH is 1. The molecule has 3 atom stereocenters. The second-order valence-corrected chi connectivity index (χ2v) is 6.59. The molecule has 104 valence electrons. The summed E-state index contributed by atoms with van der Waals surface area (Å²) in [5.74, 6) is 2.89. The average molecular weight is 260 g/mol. The minimum Gasteiger partial charge on any atom is -0.493 e. The zero-order chi connectivity index (χ0) is 13.4. The van der Waals surface area contributed by atoms with Crippen LogP contribution < -0.4 is 4.74 Å². The highest BCUT2D eigenvalue weighted by Gasteiger charge is 2.30. The zero-order valence-corrected chi connectivity index (χ0v) is 11.9. The molecule has 2 aliphatic rings. The van der Waals surface area contributed by atoms with Gasteiger partial charge in [-0.25, -0.2) is 0 Å². The van der Waals surface area contributed by atoms with Crippen LogP contribution in [0.4, 0.5) is 0 Å². The molecule has 1 aromatic rings. The van der Waals surface area contributed by atoms with E-state index < -0.39 is 0 Å². The van der Waals surface area contributed by atoms with Crippen LogP contribution in [0.2, 0.25) is 0 Å². The van der Waals surface area contributed by atoms with Gasteiger partial charge in [0.2, 0.25) is 0 Å². The second-order valence-electron chi connectivity index (χ2n) is 6.59. The summed E-state index contributed by atoms with van der Waals surface area (Å²) in [6.07, 6.45) is 4.28. The smallest absolute Gasteiger partial charge is 0.122 e. The maximum absolute atomic E-state index is 10.7. The molecular weight excluding hydrogens is 236 g/mol. The summed E-state index contributed by atoms with van der Waals surface area (Å²) < 4.78 is 5.53. The van der Waals surface area contributed by atoms with E-state index in [0.717, 1.165) is 49.0 Å². The molecule has 3 unspecified atom stereocenters. The topological polar surface area (TPSA) is 29.5 Å². The Kier molecular flexibility index (Phi) is 3.53. The molecule has 1 saturated carbocycles. The lowest BCUT2D eigenvalue weighted by atomic mass is 9.73. The molecule has 3 rings (SSSR count). The fraction of sp³-hybridized carbons (Fsp3) is 0.647. The average Bonchev–Trinajstić information content (AvgIpc) is 2.83. The molecule has 19 heavy (non-hydrogen) atoms. The van der Waals surface area contributed by atoms with Gasteiger partial charge in [0, 0.05) is 6.42 Å². The van der Waals surface area contributed by atoms with Crippen molar-refractivity contribution in [1.29, 1.82) is 0 Å². The van der Waals surface area contributed by atoms with Gasteiger partial charge < -0.3 is 9.84 Å². The van der Waals surface area contributed by atoms with Crippen LogP contribution in [-0.4, -0.2) is 11.7 Å². The summed E-state index contributed by atoms with van der Waals surface area (Å²) in [7, 11) is 0. The van der Waals surface area contributed by atoms with Gasteiger partial charge in [-0.1, -0.05) is 19.9 Å². The maximum Gasteiger partial charge on any atom is 0.122 e. The van der Waals surface area contributed by atoms with Crippen molar-refractivity contribution in [2.24, 2.45) is 17.8 Å². The van der Waals surface area contributed by atoms with Crippen LogP contribution in [-0.2, 0) is 6.42 Å². The van der Waals surface area contributed by atoms with Crippen molar-refractivity contribution in [3.8, 4) is 5.75 Å². The summed E-state index contributed by atoms with van der Waals surface area (Å²) in [5, 5.41) is 10.7. The third-order valence-corrected chi connectivity index (χ3v) is 4.72. The van der Waals surface area contributed by atoms with Crippen LogP contribution in [0.1, 0.15) is 50.3 Å². The van der Waals surface area contributed by atoms with E-state index in [-0.39, 0.29) is 6.10 Å². The molecule has 0 spiro atoms. The highest BCUT2D eigenvalue weighted by Crippen LogP contribution is 2.40. The SMILES string of the molecule is CC1CC(C)CC(C(O)c2ccc3c(c2)CCO3)C1.